The summed E-state index contributed by atoms with van der Waals surface area (Å²) in [6.45, 7) is 1.81. The van der Waals surface area contributed by atoms with Gasteiger partial charge in [-0.3, -0.25) is 9.59 Å². The van der Waals surface area contributed by atoms with Crippen molar-refractivity contribution < 1.29 is 23.1 Å². The second-order valence-corrected chi connectivity index (χ2v) is 5.39. The molecule has 5 nitrogen and oxygen atoms in total. The first-order chi connectivity index (χ1) is 11.4. The molecule has 2 N–H and O–H groups in total. The van der Waals surface area contributed by atoms with Gasteiger partial charge in [0.05, 0.1) is 5.69 Å². The lowest BCUT2D eigenvalue weighted by Gasteiger charge is -2.23. The van der Waals surface area contributed by atoms with E-state index in [0.717, 1.165) is 17.7 Å². The Kier molecular flexibility index (Phi) is 4.16. The highest BCUT2D eigenvalue weighted by Crippen LogP contribution is 2.30. The number of carbonyl (C=O) groups is 2. The maximum absolute atomic E-state index is 13.2. The Morgan fingerprint density at radius 2 is 2.00 bits per heavy atom. The highest BCUT2D eigenvalue weighted by Gasteiger charge is 2.23. The van der Waals surface area contributed by atoms with Gasteiger partial charge in [0.1, 0.15) is 5.75 Å². The van der Waals surface area contributed by atoms with Crippen LogP contribution >= 0.6 is 0 Å². The molecule has 1 unspecified atom stereocenters. The molecule has 7 heteroatoms. The number of fused-ring (bicyclic) bond motifs is 1. The van der Waals surface area contributed by atoms with Crippen LogP contribution in [0.2, 0.25) is 0 Å². The minimum absolute atomic E-state index is 0.0253. The summed E-state index contributed by atoms with van der Waals surface area (Å²) in [5.74, 6) is -2.31. The van der Waals surface area contributed by atoms with Crippen LogP contribution in [-0.2, 0) is 11.3 Å². The summed E-state index contributed by atoms with van der Waals surface area (Å²) in [5.41, 5.74) is 1.28. The van der Waals surface area contributed by atoms with Gasteiger partial charge in [-0.1, -0.05) is 6.07 Å². The van der Waals surface area contributed by atoms with Gasteiger partial charge in [-0.25, -0.2) is 8.78 Å². The zero-order valence-corrected chi connectivity index (χ0v) is 12.7. The monoisotopic (exact) mass is 332 g/mol. The topological polar surface area (TPSA) is 67.4 Å². The third kappa shape index (κ3) is 3.19. The number of benzene rings is 2. The van der Waals surface area contributed by atoms with Crippen molar-refractivity contribution in [1.82, 2.24) is 5.32 Å². The van der Waals surface area contributed by atoms with Crippen molar-refractivity contribution in [3.05, 3.63) is 59.2 Å². The normalized spacial score (nSPS) is 16.0. The van der Waals surface area contributed by atoms with Gasteiger partial charge in [0.2, 0.25) is 0 Å². The smallest absolute Gasteiger partial charge is 0.265 e. The quantitative estimate of drug-likeness (QED) is 0.908. The van der Waals surface area contributed by atoms with E-state index in [9.17, 15) is 18.4 Å². The molecule has 0 aliphatic carbocycles. The predicted molar refractivity (Wildman–Crippen MR) is 82.7 cm³/mol. The summed E-state index contributed by atoms with van der Waals surface area (Å²) < 4.78 is 31.5. The molecule has 2 amide bonds. The molecule has 2 aromatic rings. The first-order valence-electron chi connectivity index (χ1n) is 7.28. The highest BCUT2D eigenvalue weighted by molar-refractivity contribution is 5.97. The standard InChI is InChI=1S/C17H14F2N2O3/c1-9-16(22)21-14-6-10(2-5-15(14)24-9)8-20-17(23)11-3-4-12(18)13(19)7-11/h2-7,9H,8H2,1H3,(H,20,23)(H,21,22). The molecule has 3 rings (SSSR count). The molecule has 0 radical (unpaired) electrons. The lowest BCUT2D eigenvalue weighted by molar-refractivity contribution is -0.122. The molecule has 1 atom stereocenters. The number of anilines is 1. The van der Waals surface area contributed by atoms with E-state index < -0.39 is 23.6 Å². The predicted octanol–water partition coefficient (Wildman–Crippen LogP) is 2.61. The molecular formula is C17H14F2N2O3. The van der Waals surface area contributed by atoms with Gasteiger partial charge in [-0.15, -0.1) is 0 Å². The maximum atomic E-state index is 13.2. The molecule has 1 aliphatic heterocycles. The molecule has 0 fully saturated rings. The largest absolute Gasteiger partial charge is 0.479 e. The lowest BCUT2D eigenvalue weighted by Crippen LogP contribution is -2.34. The molecule has 1 heterocycles. The number of nitrogens with one attached hydrogen (secondary N) is 2. The number of ether oxygens (including phenoxy) is 1. The zero-order valence-electron chi connectivity index (χ0n) is 12.7. The highest BCUT2D eigenvalue weighted by atomic mass is 19.2. The molecule has 124 valence electrons. The van der Waals surface area contributed by atoms with Crippen LogP contribution in [0.25, 0.3) is 0 Å². The number of carbonyl (C=O) groups excluding carboxylic acids is 2. The van der Waals surface area contributed by atoms with Crippen molar-refractivity contribution in [1.29, 1.82) is 0 Å². The van der Waals surface area contributed by atoms with Crippen LogP contribution in [0.5, 0.6) is 5.75 Å². The van der Waals surface area contributed by atoms with Crippen LogP contribution in [0.3, 0.4) is 0 Å². The van der Waals surface area contributed by atoms with Crippen molar-refractivity contribution in [3.63, 3.8) is 0 Å². The van der Waals surface area contributed by atoms with Crippen molar-refractivity contribution in [2.75, 3.05) is 5.32 Å². The summed E-state index contributed by atoms with van der Waals surface area (Å²) in [6, 6.07) is 8.07. The van der Waals surface area contributed by atoms with Gasteiger partial charge in [0.15, 0.2) is 17.7 Å². The first-order valence-corrected chi connectivity index (χ1v) is 7.28. The van der Waals surface area contributed by atoms with Crippen LogP contribution in [0.4, 0.5) is 14.5 Å². The summed E-state index contributed by atoms with van der Waals surface area (Å²) >= 11 is 0. The van der Waals surface area contributed by atoms with Crippen molar-refractivity contribution in [2.45, 2.75) is 19.6 Å². The Bertz CT molecular complexity index is 823. The van der Waals surface area contributed by atoms with E-state index in [-0.39, 0.29) is 18.0 Å². The Morgan fingerprint density at radius 3 is 2.75 bits per heavy atom. The van der Waals surface area contributed by atoms with Gasteiger partial charge >= 0.3 is 0 Å². The Hall–Kier alpha value is -2.96. The summed E-state index contributed by atoms with van der Waals surface area (Å²) in [4.78, 5) is 23.6. The van der Waals surface area contributed by atoms with Gasteiger partial charge in [0.25, 0.3) is 11.8 Å². The van der Waals surface area contributed by atoms with Crippen LogP contribution in [-0.4, -0.2) is 17.9 Å². The average molecular weight is 332 g/mol. The second-order valence-electron chi connectivity index (χ2n) is 5.39. The molecule has 0 bridgehead atoms. The third-order valence-corrected chi connectivity index (χ3v) is 3.61. The molecule has 0 aromatic heterocycles. The maximum Gasteiger partial charge on any atom is 0.265 e. The molecule has 0 spiro atoms. The molecule has 0 saturated carbocycles. The Morgan fingerprint density at radius 1 is 1.21 bits per heavy atom. The molecular weight excluding hydrogens is 318 g/mol. The van der Waals surface area contributed by atoms with Crippen molar-refractivity contribution >= 4 is 17.5 Å². The van der Waals surface area contributed by atoms with E-state index in [2.05, 4.69) is 10.6 Å². The molecule has 2 aromatic carbocycles. The Labute approximate surface area is 136 Å². The van der Waals surface area contributed by atoms with Gasteiger partial charge < -0.3 is 15.4 Å². The molecule has 24 heavy (non-hydrogen) atoms. The first kappa shape index (κ1) is 15.9. The van der Waals surface area contributed by atoms with E-state index in [1.807, 2.05) is 0 Å². The van der Waals surface area contributed by atoms with Crippen LogP contribution in [0.1, 0.15) is 22.8 Å². The average Bonchev–Trinajstić information content (AvgIpc) is 2.56. The minimum atomic E-state index is -1.08. The van der Waals surface area contributed by atoms with E-state index in [1.54, 1.807) is 25.1 Å². The molecule has 0 saturated heterocycles. The van der Waals surface area contributed by atoms with E-state index in [4.69, 9.17) is 4.74 Å². The number of rotatable bonds is 3. The molecule has 1 aliphatic rings. The number of amides is 2. The zero-order chi connectivity index (χ0) is 17.3. The Balaban J connectivity index is 1.68. The SMILES string of the molecule is CC1Oc2ccc(CNC(=O)c3ccc(F)c(F)c3)cc2NC1=O. The van der Waals surface area contributed by atoms with Crippen molar-refractivity contribution in [3.8, 4) is 5.75 Å². The summed E-state index contributed by atoms with van der Waals surface area (Å²) in [6.07, 6.45) is -0.559. The van der Waals surface area contributed by atoms with Gasteiger partial charge in [-0.2, -0.15) is 0 Å². The van der Waals surface area contributed by atoms with E-state index >= 15 is 0 Å². The van der Waals surface area contributed by atoms with Gasteiger partial charge in [-0.05, 0) is 42.8 Å². The van der Waals surface area contributed by atoms with Gasteiger partial charge in [0, 0.05) is 12.1 Å². The number of halogens is 2. The number of hydrogen-bond acceptors (Lipinski definition) is 3. The second kappa shape index (κ2) is 6.27. The fourth-order valence-corrected chi connectivity index (χ4v) is 2.29. The van der Waals surface area contributed by atoms with Crippen LogP contribution in [0, 0.1) is 11.6 Å². The minimum Gasteiger partial charge on any atom is -0.479 e. The van der Waals surface area contributed by atoms with Crippen LogP contribution < -0.4 is 15.4 Å². The van der Waals surface area contributed by atoms with E-state index in [1.165, 1.54) is 6.07 Å². The lowest BCUT2D eigenvalue weighted by atomic mass is 10.1. The van der Waals surface area contributed by atoms with Crippen LogP contribution in [0.15, 0.2) is 36.4 Å². The number of hydrogen-bond donors (Lipinski definition) is 2. The third-order valence-electron chi connectivity index (χ3n) is 3.61. The summed E-state index contributed by atoms with van der Waals surface area (Å²) in [7, 11) is 0. The summed E-state index contributed by atoms with van der Waals surface area (Å²) in [5, 5.41) is 5.32. The van der Waals surface area contributed by atoms with E-state index in [0.29, 0.717) is 11.4 Å². The van der Waals surface area contributed by atoms with Crippen molar-refractivity contribution in [2.24, 2.45) is 0 Å². The fourth-order valence-electron chi connectivity index (χ4n) is 2.29. The fraction of sp³-hybridized carbons (Fsp3) is 0.176.